The van der Waals surface area contributed by atoms with Gasteiger partial charge in [-0.05, 0) is 59.4 Å². The van der Waals surface area contributed by atoms with E-state index in [-0.39, 0.29) is 24.9 Å². The van der Waals surface area contributed by atoms with E-state index >= 15 is 0 Å². The van der Waals surface area contributed by atoms with Crippen LogP contribution in [-0.2, 0) is 9.59 Å². The molecule has 156 valence electrons. The van der Waals surface area contributed by atoms with Crippen LogP contribution in [0.25, 0.3) is 11.3 Å². The molecule has 2 aromatic carbocycles. The van der Waals surface area contributed by atoms with Gasteiger partial charge < -0.3 is 15.4 Å². The van der Waals surface area contributed by atoms with Crippen LogP contribution in [0.2, 0.25) is 0 Å². The average Bonchev–Trinajstić information content (AvgIpc) is 3.17. The van der Waals surface area contributed by atoms with Gasteiger partial charge in [0.25, 0.3) is 0 Å². The van der Waals surface area contributed by atoms with Gasteiger partial charge in [-0.2, -0.15) is 0 Å². The minimum absolute atomic E-state index is 0.0703. The molecule has 0 saturated heterocycles. The van der Waals surface area contributed by atoms with Crippen LogP contribution in [0.3, 0.4) is 0 Å². The SMILES string of the molecule is COc1ccc(-c2csc(NC(=O)CN(C)CC(=O)Nc3ccccc3Br)n2)cc1. The molecular weight excluding hydrogens is 468 g/mol. The molecule has 0 aliphatic rings. The standard InChI is InChI=1S/C21H21BrN4O3S/c1-26(11-19(27)23-17-6-4-3-5-16(17)22)12-20(28)25-21-24-18(13-30-21)14-7-9-15(29-2)10-8-14/h3-10,13H,11-12H2,1-2H3,(H,23,27)(H,24,25,28). The summed E-state index contributed by atoms with van der Waals surface area (Å²) in [5.41, 5.74) is 2.40. The van der Waals surface area contributed by atoms with Crippen LogP contribution in [0.15, 0.2) is 58.4 Å². The van der Waals surface area contributed by atoms with Crippen molar-refractivity contribution in [3.63, 3.8) is 0 Å². The van der Waals surface area contributed by atoms with Crippen molar-refractivity contribution in [3.8, 4) is 17.0 Å². The van der Waals surface area contributed by atoms with Crippen molar-refractivity contribution >= 4 is 49.9 Å². The van der Waals surface area contributed by atoms with Gasteiger partial charge in [-0.25, -0.2) is 4.98 Å². The normalized spacial score (nSPS) is 10.7. The van der Waals surface area contributed by atoms with Crippen LogP contribution in [0.4, 0.5) is 10.8 Å². The number of aromatic nitrogens is 1. The lowest BCUT2D eigenvalue weighted by Gasteiger charge is -2.15. The van der Waals surface area contributed by atoms with Gasteiger partial charge in [0.2, 0.25) is 11.8 Å². The Bertz CT molecular complexity index is 1020. The number of methoxy groups -OCH3 is 1. The van der Waals surface area contributed by atoms with Crippen molar-refractivity contribution < 1.29 is 14.3 Å². The summed E-state index contributed by atoms with van der Waals surface area (Å²) in [6.45, 7) is 0.157. The van der Waals surface area contributed by atoms with E-state index in [1.807, 2.05) is 47.8 Å². The molecule has 0 fully saturated rings. The monoisotopic (exact) mass is 488 g/mol. The zero-order valence-electron chi connectivity index (χ0n) is 16.5. The van der Waals surface area contributed by atoms with Crippen molar-refractivity contribution in [2.75, 3.05) is 37.9 Å². The van der Waals surface area contributed by atoms with Gasteiger partial charge >= 0.3 is 0 Å². The van der Waals surface area contributed by atoms with Crippen LogP contribution in [0.5, 0.6) is 5.75 Å². The summed E-state index contributed by atoms with van der Waals surface area (Å²) in [7, 11) is 3.33. The molecule has 3 aromatic rings. The first-order valence-corrected chi connectivity index (χ1v) is 10.7. The fourth-order valence-electron chi connectivity index (χ4n) is 2.68. The molecule has 2 amide bonds. The number of ether oxygens (including phenoxy) is 1. The van der Waals surface area contributed by atoms with Crippen molar-refractivity contribution in [1.29, 1.82) is 0 Å². The summed E-state index contributed by atoms with van der Waals surface area (Å²) in [5.74, 6) is 0.337. The van der Waals surface area contributed by atoms with Gasteiger partial charge in [0.05, 0.1) is 31.6 Å². The second-order valence-electron chi connectivity index (χ2n) is 6.51. The van der Waals surface area contributed by atoms with E-state index in [1.165, 1.54) is 11.3 Å². The number of carbonyl (C=O) groups excluding carboxylic acids is 2. The highest BCUT2D eigenvalue weighted by Gasteiger charge is 2.13. The van der Waals surface area contributed by atoms with Gasteiger partial charge in [0.1, 0.15) is 5.75 Å². The molecule has 0 saturated carbocycles. The van der Waals surface area contributed by atoms with E-state index in [1.54, 1.807) is 25.1 Å². The van der Waals surface area contributed by atoms with E-state index in [2.05, 4.69) is 31.5 Å². The Kier molecular flexibility index (Phi) is 7.56. The molecule has 0 aliphatic heterocycles. The molecule has 30 heavy (non-hydrogen) atoms. The number of thiazole rings is 1. The molecule has 9 heteroatoms. The fraction of sp³-hybridized carbons (Fsp3) is 0.190. The van der Waals surface area contributed by atoms with Gasteiger partial charge in [-0.3, -0.25) is 14.5 Å². The predicted molar refractivity (Wildman–Crippen MR) is 123 cm³/mol. The highest BCUT2D eigenvalue weighted by atomic mass is 79.9. The maximum Gasteiger partial charge on any atom is 0.240 e. The van der Waals surface area contributed by atoms with Crippen LogP contribution >= 0.6 is 27.3 Å². The fourth-order valence-corrected chi connectivity index (χ4v) is 3.80. The number of carbonyl (C=O) groups is 2. The van der Waals surface area contributed by atoms with E-state index in [4.69, 9.17) is 4.74 Å². The maximum atomic E-state index is 12.3. The van der Waals surface area contributed by atoms with E-state index < -0.39 is 0 Å². The second-order valence-corrected chi connectivity index (χ2v) is 8.23. The molecule has 3 rings (SSSR count). The maximum absolute atomic E-state index is 12.3. The third kappa shape index (κ3) is 6.12. The summed E-state index contributed by atoms with van der Waals surface area (Å²) >= 11 is 4.74. The Balaban J connectivity index is 1.49. The zero-order valence-corrected chi connectivity index (χ0v) is 18.9. The lowest BCUT2D eigenvalue weighted by atomic mass is 10.2. The number of benzene rings is 2. The van der Waals surface area contributed by atoms with Crippen molar-refractivity contribution in [2.24, 2.45) is 0 Å². The first-order valence-electron chi connectivity index (χ1n) is 9.07. The molecule has 0 aliphatic carbocycles. The molecule has 1 heterocycles. The molecule has 0 spiro atoms. The zero-order chi connectivity index (χ0) is 21.5. The Morgan fingerprint density at radius 3 is 2.40 bits per heavy atom. The molecular formula is C21H21BrN4O3S. The van der Waals surface area contributed by atoms with E-state index in [0.717, 1.165) is 21.5 Å². The summed E-state index contributed by atoms with van der Waals surface area (Å²) in [4.78, 5) is 30.6. The van der Waals surface area contributed by atoms with Crippen LogP contribution in [0.1, 0.15) is 0 Å². The summed E-state index contributed by atoms with van der Waals surface area (Å²) in [6.07, 6.45) is 0. The minimum Gasteiger partial charge on any atom is -0.497 e. The predicted octanol–water partition coefficient (Wildman–Crippen LogP) is 4.09. The quantitative estimate of drug-likeness (QED) is 0.498. The number of likely N-dealkylation sites (N-methyl/N-ethyl adjacent to an activating group) is 1. The molecule has 1 aromatic heterocycles. The Hall–Kier alpha value is -2.75. The van der Waals surface area contributed by atoms with Gasteiger partial charge in [-0.15, -0.1) is 11.3 Å². The molecule has 2 N–H and O–H groups in total. The number of para-hydroxylation sites is 1. The number of nitrogens with zero attached hydrogens (tertiary/aromatic N) is 2. The van der Waals surface area contributed by atoms with Crippen molar-refractivity contribution in [2.45, 2.75) is 0 Å². The Morgan fingerprint density at radius 2 is 1.73 bits per heavy atom. The number of amides is 2. The topological polar surface area (TPSA) is 83.6 Å². The lowest BCUT2D eigenvalue weighted by Crippen LogP contribution is -2.36. The van der Waals surface area contributed by atoms with Gasteiger partial charge in [0, 0.05) is 15.4 Å². The number of rotatable bonds is 8. The molecule has 0 radical (unpaired) electrons. The summed E-state index contributed by atoms with van der Waals surface area (Å²) in [6, 6.07) is 14.9. The Morgan fingerprint density at radius 1 is 1.07 bits per heavy atom. The number of hydrogen-bond acceptors (Lipinski definition) is 6. The number of anilines is 2. The Labute approximate surface area is 187 Å². The highest BCUT2D eigenvalue weighted by molar-refractivity contribution is 9.10. The van der Waals surface area contributed by atoms with E-state index in [0.29, 0.717) is 10.8 Å². The number of hydrogen-bond donors (Lipinski definition) is 2. The van der Waals surface area contributed by atoms with E-state index in [9.17, 15) is 9.59 Å². The van der Waals surface area contributed by atoms with Crippen LogP contribution in [0, 0.1) is 0 Å². The molecule has 7 nitrogen and oxygen atoms in total. The first kappa shape index (κ1) is 21.9. The highest BCUT2D eigenvalue weighted by Crippen LogP contribution is 2.26. The smallest absolute Gasteiger partial charge is 0.240 e. The van der Waals surface area contributed by atoms with Crippen molar-refractivity contribution in [1.82, 2.24) is 9.88 Å². The summed E-state index contributed by atoms with van der Waals surface area (Å²) < 4.78 is 5.96. The molecule has 0 unspecified atom stereocenters. The largest absolute Gasteiger partial charge is 0.497 e. The average molecular weight is 489 g/mol. The van der Waals surface area contributed by atoms with Gasteiger partial charge in [-0.1, -0.05) is 12.1 Å². The second kappa shape index (κ2) is 10.3. The summed E-state index contributed by atoms with van der Waals surface area (Å²) in [5, 5.41) is 7.99. The molecule has 0 atom stereocenters. The lowest BCUT2D eigenvalue weighted by molar-refractivity contribution is -0.119. The number of nitrogens with one attached hydrogen (secondary N) is 2. The van der Waals surface area contributed by atoms with Gasteiger partial charge in [0.15, 0.2) is 5.13 Å². The first-order chi connectivity index (χ1) is 14.4. The van der Waals surface area contributed by atoms with Crippen LogP contribution < -0.4 is 15.4 Å². The third-order valence-electron chi connectivity index (χ3n) is 4.11. The third-order valence-corrected chi connectivity index (χ3v) is 5.56. The van der Waals surface area contributed by atoms with Crippen molar-refractivity contribution in [3.05, 3.63) is 58.4 Å². The van der Waals surface area contributed by atoms with Crippen LogP contribution in [-0.4, -0.2) is 48.9 Å². The molecule has 0 bridgehead atoms. The minimum atomic E-state index is -0.234. The number of halogens is 1.